The Hall–Kier alpha value is -2.28. The van der Waals surface area contributed by atoms with Crippen LogP contribution < -0.4 is 5.32 Å². The predicted octanol–water partition coefficient (Wildman–Crippen LogP) is 5.18. The Balaban J connectivity index is 1.46. The molecule has 2 heterocycles. The van der Waals surface area contributed by atoms with Gasteiger partial charge in [0.25, 0.3) is 0 Å². The Bertz CT molecular complexity index is 1000. The maximum atomic E-state index is 12.7. The van der Waals surface area contributed by atoms with Crippen LogP contribution in [0, 0.1) is 0 Å². The minimum Gasteiger partial charge on any atom is -0.376 e. The van der Waals surface area contributed by atoms with Gasteiger partial charge in [-0.05, 0) is 43.0 Å². The number of aromatic nitrogens is 2. The van der Waals surface area contributed by atoms with E-state index < -0.39 is 0 Å². The third kappa shape index (κ3) is 5.70. The van der Waals surface area contributed by atoms with Gasteiger partial charge in [0.2, 0.25) is 5.91 Å². The molecule has 1 aliphatic heterocycles. The molecule has 2 aromatic carbocycles. The van der Waals surface area contributed by atoms with E-state index in [0.29, 0.717) is 11.6 Å². The molecular weight excluding hydrogens is 430 g/mol. The lowest BCUT2D eigenvalue weighted by atomic mass is 10.1. The third-order valence-corrected chi connectivity index (χ3v) is 6.69. The van der Waals surface area contributed by atoms with Gasteiger partial charge >= 0.3 is 0 Å². The Morgan fingerprint density at radius 2 is 2.03 bits per heavy atom. The fourth-order valence-corrected chi connectivity index (χ4v) is 4.65. The van der Waals surface area contributed by atoms with Crippen molar-refractivity contribution in [2.45, 2.75) is 49.4 Å². The van der Waals surface area contributed by atoms with Gasteiger partial charge in [-0.15, -0.1) is 0 Å². The van der Waals surface area contributed by atoms with Crippen molar-refractivity contribution in [3.05, 3.63) is 71.4 Å². The Kier molecular flexibility index (Phi) is 7.33. The number of amides is 1. The molecule has 162 valence electrons. The van der Waals surface area contributed by atoms with Crippen LogP contribution in [0.2, 0.25) is 5.02 Å². The van der Waals surface area contributed by atoms with Crippen LogP contribution >= 0.6 is 23.4 Å². The first-order valence-electron chi connectivity index (χ1n) is 10.5. The average Bonchev–Trinajstić information content (AvgIpc) is 3.44. The molecule has 1 N–H and O–H groups in total. The SMILES string of the molecule is CC(Sc1ncc(-c2ccccc2)n1CC1CCCO1)C(=O)NCc1ccc(Cl)cc1. The molecule has 0 saturated carbocycles. The molecule has 1 fully saturated rings. The number of thioether (sulfide) groups is 1. The second kappa shape index (κ2) is 10.4. The molecule has 7 heteroatoms. The summed E-state index contributed by atoms with van der Waals surface area (Å²) in [4.78, 5) is 17.4. The molecule has 0 aliphatic carbocycles. The molecule has 31 heavy (non-hydrogen) atoms. The summed E-state index contributed by atoms with van der Waals surface area (Å²) in [5.41, 5.74) is 3.17. The van der Waals surface area contributed by atoms with Crippen LogP contribution in [0.4, 0.5) is 0 Å². The second-order valence-corrected chi connectivity index (χ2v) is 9.39. The third-order valence-electron chi connectivity index (χ3n) is 5.33. The number of rotatable bonds is 8. The number of benzene rings is 2. The monoisotopic (exact) mass is 455 g/mol. The van der Waals surface area contributed by atoms with E-state index in [-0.39, 0.29) is 17.3 Å². The maximum Gasteiger partial charge on any atom is 0.233 e. The molecule has 5 nitrogen and oxygen atoms in total. The van der Waals surface area contributed by atoms with Crippen LogP contribution in [0.3, 0.4) is 0 Å². The number of hydrogen-bond donors (Lipinski definition) is 1. The number of nitrogens with one attached hydrogen (secondary N) is 1. The average molecular weight is 456 g/mol. The van der Waals surface area contributed by atoms with Crippen molar-refractivity contribution in [1.82, 2.24) is 14.9 Å². The van der Waals surface area contributed by atoms with Gasteiger partial charge in [0.15, 0.2) is 5.16 Å². The molecule has 0 radical (unpaired) electrons. The zero-order valence-electron chi connectivity index (χ0n) is 17.5. The quantitative estimate of drug-likeness (QED) is 0.475. The molecule has 0 bridgehead atoms. The molecule has 2 unspecified atom stereocenters. The van der Waals surface area contributed by atoms with Gasteiger partial charge in [-0.3, -0.25) is 4.79 Å². The molecule has 1 saturated heterocycles. The van der Waals surface area contributed by atoms with E-state index in [1.165, 1.54) is 11.8 Å². The van der Waals surface area contributed by atoms with Gasteiger partial charge in [-0.25, -0.2) is 4.98 Å². The lowest BCUT2D eigenvalue weighted by Crippen LogP contribution is -2.30. The Labute approximate surface area is 192 Å². The largest absolute Gasteiger partial charge is 0.376 e. The number of carbonyl (C=O) groups is 1. The van der Waals surface area contributed by atoms with Crippen molar-refractivity contribution in [3.63, 3.8) is 0 Å². The topological polar surface area (TPSA) is 56.2 Å². The first kappa shape index (κ1) is 21.9. The summed E-state index contributed by atoms with van der Waals surface area (Å²) >= 11 is 7.41. The highest BCUT2D eigenvalue weighted by atomic mass is 35.5. The molecule has 1 aliphatic rings. The fraction of sp³-hybridized carbons (Fsp3) is 0.333. The highest BCUT2D eigenvalue weighted by Crippen LogP contribution is 2.30. The molecule has 3 aromatic rings. The van der Waals surface area contributed by atoms with Gasteiger partial charge in [-0.2, -0.15) is 0 Å². The van der Waals surface area contributed by atoms with Crippen LogP contribution in [0.1, 0.15) is 25.3 Å². The van der Waals surface area contributed by atoms with Gasteiger partial charge in [0.05, 0.1) is 29.8 Å². The minimum atomic E-state index is -0.276. The lowest BCUT2D eigenvalue weighted by Gasteiger charge is -2.18. The normalized spacial score (nSPS) is 16.9. The van der Waals surface area contributed by atoms with Crippen LogP contribution in [0.15, 0.2) is 66.0 Å². The molecule has 1 amide bonds. The van der Waals surface area contributed by atoms with Gasteiger partial charge in [0, 0.05) is 18.2 Å². The van der Waals surface area contributed by atoms with Crippen LogP contribution in [-0.2, 0) is 22.6 Å². The van der Waals surface area contributed by atoms with Crippen molar-refractivity contribution in [2.75, 3.05) is 6.61 Å². The van der Waals surface area contributed by atoms with E-state index in [9.17, 15) is 4.79 Å². The van der Waals surface area contributed by atoms with Crippen LogP contribution in [0.25, 0.3) is 11.3 Å². The summed E-state index contributed by atoms with van der Waals surface area (Å²) in [6, 6.07) is 17.7. The summed E-state index contributed by atoms with van der Waals surface area (Å²) in [6.07, 6.45) is 4.22. The number of nitrogens with zero attached hydrogens (tertiary/aromatic N) is 2. The lowest BCUT2D eigenvalue weighted by molar-refractivity contribution is -0.120. The van der Waals surface area contributed by atoms with Crippen molar-refractivity contribution in [1.29, 1.82) is 0 Å². The number of carbonyl (C=O) groups excluding carboxylic acids is 1. The van der Waals surface area contributed by atoms with Gasteiger partial charge in [0.1, 0.15) is 0 Å². The van der Waals surface area contributed by atoms with E-state index in [1.807, 2.05) is 55.6 Å². The fourth-order valence-electron chi connectivity index (χ4n) is 3.61. The Morgan fingerprint density at radius 1 is 1.26 bits per heavy atom. The van der Waals surface area contributed by atoms with Gasteiger partial charge < -0.3 is 14.6 Å². The number of halogens is 1. The zero-order chi connectivity index (χ0) is 21.6. The van der Waals surface area contributed by atoms with Crippen molar-refractivity contribution in [3.8, 4) is 11.3 Å². The highest BCUT2D eigenvalue weighted by Gasteiger charge is 2.23. The second-order valence-electron chi connectivity index (χ2n) is 7.64. The van der Waals surface area contributed by atoms with E-state index in [2.05, 4.69) is 27.0 Å². The standard InChI is InChI=1S/C24H26ClN3O2S/c1-17(23(29)26-14-18-9-11-20(25)12-10-18)31-24-27-15-22(19-6-3-2-4-7-19)28(24)16-21-8-5-13-30-21/h2-4,6-7,9-12,15,17,21H,5,8,13-14,16H2,1H3,(H,26,29). The first-order chi connectivity index (χ1) is 15.1. The summed E-state index contributed by atoms with van der Waals surface area (Å²) < 4.78 is 8.07. The molecule has 0 spiro atoms. The number of ether oxygens (including phenoxy) is 1. The van der Waals surface area contributed by atoms with E-state index in [0.717, 1.165) is 48.0 Å². The zero-order valence-corrected chi connectivity index (χ0v) is 19.0. The smallest absolute Gasteiger partial charge is 0.233 e. The van der Waals surface area contributed by atoms with E-state index in [4.69, 9.17) is 16.3 Å². The summed E-state index contributed by atoms with van der Waals surface area (Å²) in [7, 11) is 0. The molecule has 2 atom stereocenters. The minimum absolute atomic E-state index is 0.0205. The molecular formula is C24H26ClN3O2S. The molecule has 4 rings (SSSR count). The van der Waals surface area contributed by atoms with Crippen molar-refractivity contribution < 1.29 is 9.53 Å². The molecule has 1 aromatic heterocycles. The summed E-state index contributed by atoms with van der Waals surface area (Å²) in [5, 5.41) is 4.25. The maximum absolute atomic E-state index is 12.7. The predicted molar refractivity (Wildman–Crippen MR) is 125 cm³/mol. The van der Waals surface area contributed by atoms with Crippen LogP contribution in [-0.4, -0.2) is 33.4 Å². The highest BCUT2D eigenvalue weighted by molar-refractivity contribution is 8.00. The van der Waals surface area contributed by atoms with Crippen LogP contribution in [0.5, 0.6) is 0 Å². The summed E-state index contributed by atoms with van der Waals surface area (Å²) in [6.45, 7) is 3.94. The van der Waals surface area contributed by atoms with Crippen molar-refractivity contribution >= 4 is 29.3 Å². The Morgan fingerprint density at radius 3 is 2.74 bits per heavy atom. The van der Waals surface area contributed by atoms with Gasteiger partial charge in [-0.1, -0.05) is 65.8 Å². The van der Waals surface area contributed by atoms with Crippen molar-refractivity contribution in [2.24, 2.45) is 0 Å². The van der Waals surface area contributed by atoms with E-state index in [1.54, 1.807) is 0 Å². The number of imidazole rings is 1. The summed E-state index contributed by atoms with van der Waals surface area (Å²) in [5.74, 6) is -0.0205. The number of hydrogen-bond acceptors (Lipinski definition) is 4. The first-order valence-corrected chi connectivity index (χ1v) is 11.8. The van der Waals surface area contributed by atoms with E-state index >= 15 is 0 Å².